The van der Waals surface area contributed by atoms with E-state index in [1.54, 1.807) is 0 Å². The molecule has 0 radical (unpaired) electrons. The fraction of sp³-hybridized carbons (Fsp3) is 0.391. The molecular weight excluding hydrogens is 416 g/mol. The van der Waals surface area contributed by atoms with E-state index >= 15 is 0 Å². The molecule has 0 N–H and O–H groups in total. The first kappa shape index (κ1) is 17.9. The van der Waals surface area contributed by atoms with Crippen molar-refractivity contribution >= 4 is 27.4 Å². The van der Waals surface area contributed by atoms with E-state index in [0.717, 1.165) is 39.9 Å². The number of fused-ring (bicyclic) bond motifs is 4. The van der Waals surface area contributed by atoms with E-state index in [9.17, 15) is 4.79 Å². The summed E-state index contributed by atoms with van der Waals surface area (Å²) in [4.78, 5) is 12.7. The number of carbonyl (C=O) groups is 1. The van der Waals surface area contributed by atoms with Crippen molar-refractivity contribution in [2.75, 3.05) is 0 Å². The average Bonchev–Trinajstić information content (AvgIpc) is 3.07. The van der Waals surface area contributed by atoms with Crippen molar-refractivity contribution < 1.29 is 9.53 Å². The van der Waals surface area contributed by atoms with Crippen LogP contribution in [0.15, 0.2) is 58.1 Å². The summed E-state index contributed by atoms with van der Waals surface area (Å²) in [5.74, 6) is 1.14. The Hall–Kier alpha value is -2.14. The minimum absolute atomic E-state index is 0.102. The van der Waals surface area contributed by atoms with Crippen LogP contribution in [-0.2, 0) is 4.79 Å². The Balaban J connectivity index is 1.62. The molecule has 5 heteroatoms. The van der Waals surface area contributed by atoms with Gasteiger partial charge in [-0.2, -0.15) is 5.10 Å². The van der Waals surface area contributed by atoms with Crippen LogP contribution < -0.4 is 4.74 Å². The molecule has 0 aromatic heterocycles. The van der Waals surface area contributed by atoms with Crippen molar-refractivity contribution in [1.29, 1.82) is 0 Å². The number of carbonyl (C=O) groups excluding carboxylic acids is 1. The lowest BCUT2D eigenvalue weighted by Gasteiger charge is -2.52. The number of para-hydroxylation sites is 1. The van der Waals surface area contributed by atoms with Crippen LogP contribution in [0.5, 0.6) is 5.75 Å². The van der Waals surface area contributed by atoms with Gasteiger partial charge in [0.05, 0.1) is 18.2 Å². The van der Waals surface area contributed by atoms with E-state index in [2.05, 4.69) is 53.0 Å². The van der Waals surface area contributed by atoms with E-state index in [1.165, 1.54) is 0 Å². The molecule has 0 saturated heterocycles. The zero-order valence-electron chi connectivity index (χ0n) is 16.1. The molecule has 5 rings (SSSR count). The first-order valence-corrected chi connectivity index (χ1v) is 10.6. The molecule has 2 aliphatic heterocycles. The number of rotatable bonds is 1. The normalized spacial score (nSPS) is 27.8. The van der Waals surface area contributed by atoms with E-state index in [0.29, 0.717) is 12.8 Å². The molecule has 2 unspecified atom stereocenters. The standard InChI is InChI=1S/C23H23BrN2O2/c1-22(2)12-17(27)13-23(14-22)26-20(18-5-3-4-6-21(18)28-23)11-19(25-26)15-7-9-16(24)10-8-15/h3-10,20H,11-14H2,1-2H3. The SMILES string of the molecule is CC1(C)CC(=O)CC2(C1)Oc1ccccc1C1CC(c3ccc(Br)cc3)=NN12. The van der Waals surface area contributed by atoms with Crippen molar-refractivity contribution in [2.24, 2.45) is 10.5 Å². The van der Waals surface area contributed by atoms with Crippen LogP contribution in [0.25, 0.3) is 0 Å². The Labute approximate surface area is 173 Å². The summed E-state index contributed by atoms with van der Waals surface area (Å²) in [6.07, 6.45) is 2.59. The molecule has 2 atom stereocenters. The van der Waals surface area contributed by atoms with Gasteiger partial charge >= 0.3 is 0 Å². The maximum Gasteiger partial charge on any atom is 0.205 e. The zero-order valence-corrected chi connectivity index (χ0v) is 17.7. The predicted octanol–water partition coefficient (Wildman–Crippen LogP) is 5.47. The smallest absolute Gasteiger partial charge is 0.205 e. The highest BCUT2D eigenvalue weighted by atomic mass is 79.9. The monoisotopic (exact) mass is 438 g/mol. The summed E-state index contributed by atoms with van der Waals surface area (Å²) in [6, 6.07) is 16.6. The molecule has 4 nitrogen and oxygen atoms in total. The Morgan fingerprint density at radius 3 is 2.61 bits per heavy atom. The molecule has 1 spiro atoms. The second kappa shape index (κ2) is 6.18. The van der Waals surface area contributed by atoms with Gasteiger partial charge in [0.15, 0.2) is 0 Å². The van der Waals surface area contributed by atoms with Crippen molar-refractivity contribution in [2.45, 2.75) is 51.3 Å². The number of hydrogen-bond acceptors (Lipinski definition) is 4. The van der Waals surface area contributed by atoms with E-state index in [4.69, 9.17) is 9.84 Å². The molecular formula is C23H23BrN2O2. The second-order valence-electron chi connectivity index (χ2n) is 8.94. The highest BCUT2D eigenvalue weighted by molar-refractivity contribution is 9.10. The van der Waals surface area contributed by atoms with Crippen molar-refractivity contribution in [3.63, 3.8) is 0 Å². The van der Waals surface area contributed by atoms with Gasteiger partial charge < -0.3 is 4.74 Å². The van der Waals surface area contributed by atoms with Crippen LogP contribution in [0, 0.1) is 5.41 Å². The average molecular weight is 439 g/mol. The topological polar surface area (TPSA) is 41.9 Å². The first-order chi connectivity index (χ1) is 13.4. The summed E-state index contributed by atoms with van der Waals surface area (Å²) < 4.78 is 7.63. The van der Waals surface area contributed by atoms with Crippen molar-refractivity contribution in [1.82, 2.24) is 5.01 Å². The van der Waals surface area contributed by atoms with Gasteiger partial charge in [0.25, 0.3) is 0 Å². The number of hydrazone groups is 1. The molecule has 144 valence electrons. The third kappa shape index (κ3) is 2.87. The van der Waals surface area contributed by atoms with Crippen LogP contribution in [0.2, 0.25) is 0 Å². The number of ether oxygens (including phenoxy) is 1. The highest BCUT2D eigenvalue weighted by Gasteiger charge is 2.56. The van der Waals surface area contributed by atoms with Gasteiger partial charge in [-0.25, -0.2) is 5.01 Å². The van der Waals surface area contributed by atoms with Gasteiger partial charge in [-0.3, -0.25) is 4.79 Å². The fourth-order valence-electron chi connectivity index (χ4n) is 5.06. The van der Waals surface area contributed by atoms with E-state index in [1.807, 2.05) is 30.3 Å². The van der Waals surface area contributed by atoms with Gasteiger partial charge in [-0.15, -0.1) is 0 Å². The number of hydrogen-bond donors (Lipinski definition) is 0. The number of benzene rings is 2. The number of nitrogens with zero attached hydrogens (tertiary/aromatic N) is 2. The minimum atomic E-state index is -0.699. The molecule has 2 aromatic rings. The summed E-state index contributed by atoms with van der Waals surface area (Å²) in [5.41, 5.74) is 2.51. The van der Waals surface area contributed by atoms with E-state index < -0.39 is 5.72 Å². The summed E-state index contributed by atoms with van der Waals surface area (Å²) in [5, 5.41) is 7.15. The Morgan fingerprint density at radius 1 is 1.11 bits per heavy atom. The molecule has 2 aromatic carbocycles. The van der Waals surface area contributed by atoms with Crippen LogP contribution >= 0.6 is 15.9 Å². The van der Waals surface area contributed by atoms with Gasteiger partial charge in [-0.05, 0) is 29.2 Å². The zero-order chi connectivity index (χ0) is 19.5. The summed E-state index contributed by atoms with van der Waals surface area (Å²) in [6.45, 7) is 4.31. The largest absolute Gasteiger partial charge is 0.466 e. The van der Waals surface area contributed by atoms with Crippen LogP contribution in [-0.4, -0.2) is 22.2 Å². The van der Waals surface area contributed by atoms with Gasteiger partial charge in [0.1, 0.15) is 11.5 Å². The molecule has 1 aliphatic carbocycles. The molecule has 28 heavy (non-hydrogen) atoms. The Morgan fingerprint density at radius 2 is 1.86 bits per heavy atom. The van der Waals surface area contributed by atoms with Crippen LogP contribution in [0.3, 0.4) is 0 Å². The lowest BCUT2D eigenvalue weighted by atomic mass is 9.71. The number of Topliss-reactive ketones (excluding diaryl/α,β-unsaturated/α-hetero) is 1. The predicted molar refractivity (Wildman–Crippen MR) is 112 cm³/mol. The lowest BCUT2D eigenvalue weighted by molar-refractivity contribution is -0.171. The van der Waals surface area contributed by atoms with Crippen LogP contribution in [0.4, 0.5) is 0 Å². The van der Waals surface area contributed by atoms with Gasteiger partial charge in [0, 0.05) is 29.3 Å². The Kier molecular flexibility index (Phi) is 3.96. The maximum atomic E-state index is 12.7. The third-order valence-electron chi connectivity index (χ3n) is 5.99. The van der Waals surface area contributed by atoms with Gasteiger partial charge in [0.2, 0.25) is 5.72 Å². The maximum absolute atomic E-state index is 12.7. The number of halogens is 1. The second-order valence-corrected chi connectivity index (χ2v) is 9.85. The molecule has 2 heterocycles. The highest BCUT2D eigenvalue weighted by Crippen LogP contribution is 2.53. The molecule has 1 saturated carbocycles. The van der Waals surface area contributed by atoms with Crippen molar-refractivity contribution in [3.8, 4) is 5.75 Å². The molecule has 0 amide bonds. The molecule has 3 aliphatic rings. The third-order valence-corrected chi connectivity index (χ3v) is 6.52. The van der Waals surface area contributed by atoms with Gasteiger partial charge in [-0.1, -0.05) is 60.1 Å². The molecule has 1 fully saturated rings. The quantitative estimate of drug-likeness (QED) is 0.592. The van der Waals surface area contributed by atoms with Crippen LogP contribution in [0.1, 0.15) is 56.7 Å². The minimum Gasteiger partial charge on any atom is -0.466 e. The summed E-state index contributed by atoms with van der Waals surface area (Å²) >= 11 is 3.51. The first-order valence-electron chi connectivity index (χ1n) is 9.78. The van der Waals surface area contributed by atoms with Crippen molar-refractivity contribution in [3.05, 3.63) is 64.1 Å². The Bertz CT molecular complexity index is 982. The fourth-order valence-corrected chi connectivity index (χ4v) is 5.32. The lowest BCUT2D eigenvalue weighted by Crippen LogP contribution is -2.59. The summed E-state index contributed by atoms with van der Waals surface area (Å²) in [7, 11) is 0. The molecule has 0 bridgehead atoms. The number of ketones is 1. The van der Waals surface area contributed by atoms with E-state index in [-0.39, 0.29) is 17.2 Å².